The molecule has 0 spiro atoms. The van der Waals surface area contributed by atoms with Crippen LogP contribution in [0.1, 0.15) is 22.3 Å². The van der Waals surface area contributed by atoms with Crippen molar-refractivity contribution in [3.8, 4) is 17.2 Å². The summed E-state index contributed by atoms with van der Waals surface area (Å²) in [7, 11) is 1.55. The molecule has 4 rings (SSSR count). The Morgan fingerprint density at radius 2 is 2.00 bits per heavy atom. The van der Waals surface area contributed by atoms with Crippen molar-refractivity contribution in [3.63, 3.8) is 0 Å². The molecule has 31 heavy (non-hydrogen) atoms. The number of Topliss-reactive ketones (excluding diaryl/α,β-unsaturated/α-hetero) is 1. The lowest BCUT2D eigenvalue weighted by Gasteiger charge is -2.24. The highest BCUT2D eigenvalue weighted by atomic mass is 35.5. The average Bonchev–Trinajstić information content (AvgIpc) is 2.80. The standard InChI is InChI=1S/C25H21ClO5/c1-29-24-14-16(7-10-21(24)30-13-12-26)6-9-19(27)23-15-20(28)25-18-5-3-2-4-17(18)8-11-22(25)31-23/h2-11,14,23H,12-13,15H2,1H3. The van der Waals surface area contributed by atoms with Gasteiger partial charge in [0.25, 0.3) is 0 Å². The van der Waals surface area contributed by atoms with Gasteiger partial charge in [0.1, 0.15) is 12.4 Å². The minimum atomic E-state index is -0.842. The van der Waals surface area contributed by atoms with E-state index in [1.54, 1.807) is 31.4 Å². The maximum atomic E-state index is 12.8. The third-order valence-electron chi connectivity index (χ3n) is 5.09. The summed E-state index contributed by atoms with van der Waals surface area (Å²) in [5, 5.41) is 1.81. The largest absolute Gasteiger partial charge is 0.493 e. The number of hydrogen-bond acceptors (Lipinski definition) is 5. The van der Waals surface area contributed by atoms with Crippen LogP contribution in [0.3, 0.4) is 0 Å². The Labute approximate surface area is 185 Å². The van der Waals surface area contributed by atoms with Gasteiger partial charge in [-0.25, -0.2) is 0 Å². The molecular formula is C25H21ClO5. The van der Waals surface area contributed by atoms with Crippen LogP contribution in [0.2, 0.25) is 0 Å². The zero-order chi connectivity index (χ0) is 21.8. The fourth-order valence-corrected chi connectivity index (χ4v) is 3.68. The van der Waals surface area contributed by atoms with Crippen LogP contribution in [0.25, 0.3) is 16.8 Å². The van der Waals surface area contributed by atoms with Crippen LogP contribution in [0.15, 0.2) is 60.7 Å². The summed E-state index contributed by atoms with van der Waals surface area (Å²) in [5.74, 6) is 1.59. The second-order valence-corrected chi connectivity index (χ2v) is 7.46. The van der Waals surface area contributed by atoms with Crippen molar-refractivity contribution in [3.05, 3.63) is 71.8 Å². The first kappa shape index (κ1) is 20.9. The van der Waals surface area contributed by atoms with Gasteiger partial charge in [-0.15, -0.1) is 11.6 Å². The lowest BCUT2D eigenvalue weighted by molar-refractivity contribution is -0.121. The molecule has 1 aliphatic heterocycles. The number of carbonyl (C=O) groups is 2. The van der Waals surface area contributed by atoms with Gasteiger partial charge in [-0.1, -0.05) is 42.5 Å². The lowest BCUT2D eigenvalue weighted by Crippen LogP contribution is -2.33. The van der Waals surface area contributed by atoms with Crippen LogP contribution in [-0.4, -0.2) is 37.3 Å². The summed E-state index contributed by atoms with van der Waals surface area (Å²) in [6.45, 7) is 0.370. The summed E-state index contributed by atoms with van der Waals surface area (Å²) in [4.78, 5) is 25.5. The second kappa shape index (κ2) is 9.23. The van der Waals surface area contributed by atoms with Crippen LogP contribution in [0.5, 0.6) is 17.2 Å². The molecule has 1 atom stereocenters. The number of ketones is 2. The molecule has 158 valence electrons. The monoisotopic (exact) mass is 436 g/mol. The van der Waals surface area contributed by atoms with Crippen molar-refractivity contribution < 1.29 is 23.8 Å². The van der Waals surface area contributed by atoms with Gasteiger partial charge < -0.3 is 14.2 Å². The van der Waals surface area contributed by atoms with Gasteiger partial charge in [0, 0.05) is 0 Å². The number of fused-ring (bicyclic) bond motifs is 3. The molecule has 1 heterocycles. The van der Waals surface area contributed by atoms with E-state index in [9.17, 15) is 9.59 Å². The number of rotatable bonds is 7. The van der Waals surface area contributed by atoms with Crippen molar-refractivity contribution in [2.24, 2.45) is 0 Å². The zero-order valence-electron chi connectivity index (χ0n) is 17.0. The van der Waals surface area contributed by atoms with E-state index in [0.717, 1.165) is 16.3 Å². The summed E-state index contributed by atoms with van der Waals surface area (Å²) in [5.41, 5.74) is 1.31. The number of methoxy groups -OCH3 is 1. The fraction of sp³-hybridized carbons (Fsp3) is 0.200. The van der Waals surface area contributed by atoms with Gasteiger partial charge in [-0.3, -0.25) is 9.59 Å². The van der Waals surface area contributed by atoms with E-state index in [0.29, 0.717) is 35.3 Å². The molecule has 5 nitrogen and oxygen atoms in total. The van der Waals surface area contributed by atoms with Crippen molar-refractivity contribution in [2.75, 3.05) is 19.6 Å². The molecule has 6 heteroatoms. The zero-order valence-corrected chi connectivity index (χ0v) is 17.7. The molecule has 0 aromatic heterocycles. The number of ether oxygens (including phenoxy) is 3. The molecular weight excluding hydrogens is 416 g/mol. The predicted molar refractivity (Wildman–Crippen MR) is 121 cm³/mol. The summed E-state index contributed by atoms with van der Waals surface area (Å²) in [6.07, 6.45) is 2.27. The van der Waals surface area contributed by atoms with E-state index in [-0.39, 0.29) is 18.0 Å². The fourth-order valence-electron chi connectivity index (χ4n) is 3.60. The molecule has 0 bridgehead atoms. The Morgan fingerprint density at radius 3 is 2.81 bits per heavy atom. The van der Waals surface area contributed by atoms with E-state index in [1.165, 1.54) is 6.08 Å². The number of carbonyl (C=O) groups excluding carboxylic acids is 2. The Morgan fingerprint density at radius 1 is 1.16 bits per heavy atom. The minimum Gasteiger partial charge on any atom is -0.493 e. The minimum absolute atomic E-state index is 0.0126. The van der Waals surface area contributed by atoms with Gasteiger partial charge >= 0.3 is 0 Å². The molecule has 0 radical (unpaired) electrons. The number of benzene rings is 3. The summed E-state index contributed by atoms with van der Waals surface area (Å²) in [6, 6.07) is 16.6. The van der Waals surface area contributed by atoms with Crippen molar-refractivity contribution in [2.45, 2.75) is 12.5 Å². The van der Waals surface area contributed by atoms with Crippen LogP contribution >= 0.6 is 11.6 Å². The predicted octanol–water partition coefficient (Wildman–Crippen LogP) is 5.08. The van der Waals surface area contributed by atoms with E-state index in [4.69, 9.17) is 25.8 Å². The first-order valence-electron chi connectivity index (χ1n) is 9.91. The van der Waals surface area contributed by atoms with Gasteiger partial charge in [-0.2, -0.15) is 0 Å². The van der Waals surface area contributed by atoms with Crippen molar-refractivity contribution >= 4 is 40.0 Å². The van der Waals surface area contributed by atoms with Gasteiger partial charge in [0.05, 0.1) is 25.0 Å². The maximum Gasteiger partial charge on any atom is 0.196 e. The molecule has 3 aromatic rings. The summed E-state index contributed by atoms with van der Waals surface area (Å²) < 4.78 is 16.8. The van der Waals surface area contributed by atoms with Gasteiger partial charge in [0.2, 0.25) is 0 Å². The molecule has 0 fully saturated rings. The van der Waals surface area contributed by atoms with Crippen molar-refractivity contribution in [1.29, 1.82) is 0 Å². The average molecular weight is 437 g/mol. The number of halogens is 1. The lowest BCUT2D eigenvalue weighted by atomic mass is 9.93. The Bertz CT molecular complexity index is 1170. The highest BCUT2D eigenvalue weighted by Crippen LogP contribution is 2.34. The number of alkyl halides is 1. The Hall–Kier alpha value is -3.31. The van der Waals surface area contributed by atoms with E-state index in [2.05, 4.69) is 0 Å². The van der Waals surface area contributed by atoms with E-state index >= 15 is 0 Å². The highest BCUT2D eigenvalue weighted by molar-refractivity contribution is 6.18. The molecule has 0 amide bonds. The maximum absolute atomic E-state index is 12.8. The number of hydrogen-bond donors (Lipinski definition) is 0. The van der Waals surface area contributed by atoms with Crippen LogP contribution < -0.4 is 14.2 Å². The highest BCUT2D eigenvalue weighted by Gasteiger charge is 2.31. The third kappa shape index (κ3) is 4.42. The smallest absolute Gasteiger partial charge is 0.196 e. The Kier molecular flexibility index (Phi) is 6.23. The first-order valence-corrected chi connectivity index (χ1v) is 10.4. The SMILES string of the molecule is COc1cc(C=CC(=O)C2CC(=O)c3c(ccc4ccccc34)O2)ccc1OCCCl. The normalized spacial score (nSPS) is 15.5. The topological polar surface area (TPSA) is 61.8 Å². The van der Waals surface area contributed by atoms with E-state index < -0.39 is 6.10 Å². The second-order valence-electron chi connectivity index (χ2n) is 7.08. The quantitative estimate of drug-likeness (QED) is 0.381. The van der Waals surface area contributed by atoms with Gasteiger partial charge in [0.15, 0.2) is 29.2 Å². The molecule has 1 unspecified atom stereocenters. The van der Waals surface area contributed by atoms with Crippen LogP contribution in [0, 0.1) is 0 Å². The molecule has 0 aliphatic carbocycles. The van der Waals surface area contributed by atoms with Crippen LogP contribution in [-0.2, 0) is 4.79 Å². The molecule has 3 aromatic carbocycles. The Balaban J connectivity index is 1.51. The molecule has 0 saturated heterocycles. The first-order chi connectivity index (χ1) is 15.1. The molecule has 0 N–H and O–H groups in total. The van der Waals surface area contributed by atoms with Crippen molar-refractivity contribution in [1.82, 2.24) is 0 Å². The van der Waals surface area contributed by atoms with E-state index in [1.807, 2.05) is 36.4 Å². The third-order valence-corrected chi connectivity index (χ3v) is 5.24. The van der Waals surface area contributed by atoms with Crippen LogP contribution in [0.4, 0.5) is 0 Å². The molecule has 1 aliphatic rings. The summed E-state index contributed by atoms with van der Waals surface area (Å²) >= 11 is 5.66. The van der Waals surface area contributed by atoms with Gasteiger partial charge in [-0.05, 0) is 40.6 Å². The molecule has 0 saturated carbocycles.